The highest BCUT2D eigenvalue weighted by molar-refractivity contribution is 7.99. The number of nitrogens with one attached hydrogen (secondary N) is 1. The lowest BCUT2D eigenvalue weighted by molar-refractivity contribution is 0.132. The van der Waals surface area contributed by atoms with Crippen LogP contribution < -0.4 is 5.32 Å². The Bertz CT molecular complexity index is 332. The minimum Gasteiger partial charge on any atom is -0.396 e. The second kappa shape index (κ2) is 8.28. The number of carbonyl (C=O) groups excluding carboxylic acids is 1. The highest BCUT2D eigenvalue weighted by atomic mass is 32.2. The van der Waals surface area contributed by atoms with Crippen molar-refractivity contribution >= 4 is 17.8 Å². The Morgan fingerprint density at radius 3 is 2.57 bits per heavy atom. The summed E-state index contributed by atoms with van der Waals surface area (Å²) in [5.74, 6) is 1.61. The summed E-state index contributed by atoms with van der Waals surface area (Å²) < 4.78 is 0. The molecule has 2 aliphatic rings. The molecule has 2 atom stereocenters. The van der Waals surface area contributed by atoms with Gasteiger partial charge in [-0.2, -0.15) is 11.8 Å². The monoisotopic (exact) mass is 314 g/mol. The first kappa shape index (κ1) is 16.9. The molecule has 2 rings (SSSR count). The van der Waals surface area contributed by atoms with Crippen LogP contribution in [0.3, 0.4) is 0 Å². The molecule has 5 heteroatoms. The third-order valence-corrected chi connectivity index (χ3v) is 6.29. The molecule has 0 radical (unpaired) electrons. The zero-order valence-electron chi connectivity index (χ0n) is 13.4. The van der Waals surface area contributed by atoms with Crippen LogP contribution in [0.4, 0.5) is 4.79 Å². The predicted octanol–water partition coefficient (Wildman–Crippen LogP) is 2.85. The summed E-state index contributed by atoms with van der Waals surface area (Å²) in [5.41, 5.74) is 0. The lowest BCUT2D eigenvalue weighted by Crippen LogP contribution is -2.47. The second-order valence-electron chi connectivity index (χ2n) is 6.50. The fraction of sp³-hybridized carbons (Fsp3) is 0.938. The van der Waals surface area contributed by atoms with E-state index in [0.717, 1.165) is 43.8 Å². The molecule has 2 amide bonds. The molecule has 0 heterocycles. The summed E-state index contributed by atoms with van der Waals surface area (Å²) in [7, 11) is 1.92. The van der Waals surface area contributed by atoms with E-state index in [9.17, 15) is 9.90 Å². The van der Waals surface area contributed by atoms with E-state index in [0.29, 0.717) is 24.6 Å². The molecule has 0 spiro atoms. The van der Waals surface area contributed by atoms with E-state index < -0.39 is 0 Å². The van der Waals surface area contributed by atoms with Crippen LogP contribution in [0.5, 0.6) is 0 Å². The molecule has 21 heavy (non-hydrogen) atoms. The molecular formula is C16H30N2O2S. The first-order chi connectivity index (χ1) is 10.1. The maximum atomic E-state index is 12.4. The molecule has 0 aromatic heterocycles. The minimum atomic E-state index is 0.0922. The van der Waals surface area contributed by atoms with E-state index in [4.69, 9.17) is 0 Å². The number of hydrogen-bond acceptors (Lipinski definition) is 3. The van der Waals surface area contributed by atoms with Gasteiger partial charge in [-0.1, -0.05) is 6.92 Å². The van der Waals surface area contributed by atoms with E-state index in [1.54, 1.807) is 0 Å². The van der Waals surface area contributed by atoms with Crippen molar-refractivity contribution in [3.8, 4) is 0 Å². The van der Waals surface area contributed by atoms with Crippen LogP contribution in [0.15, 0.2) is 0 Å². The smallest absolute Gasteiger partial charge is 0.317 e. The summed E-state index contributed by atoms with van der Waals surface area (Å²) in [6.45, 7) is 2.49. The van der Waals surface area contributed by atoms with Gasteiger partial charge in [0.1, 0.15) is 0 Å². The van der Waals surface area contributed by atoms with Crippen molar-refractivity contribution in [2.75, 3.05) is 19.4 Å². The molecule has 0 unspecified atom stereocenters. The Balaban J connectivity index is 1.73. The zero-order valence-corrected chi connectivity index (χ0v) is 14.2. The van der Waals surface area contributed by atoms with Crippen molar-refractivity contribution in [2.45, 2.75) is 69.2 Å². The van der Waals surface area contributed by atoms with Gasteiger partial charge in [0.25, 0.3) is 0 Å². The van der Waals surface area contributed by atoms with Crippen LogP contribution in [0.2, 0.25) is 0 Å². The number of amides is 2. The number of aliphatic hydroxyl groups is 1. The summed E-state index contributed by atoms with van der Waals surface area (Å²) in [5, 5.41) is 13.1. The standard InChI is InChI=1S/C16H30N2O2S/c1-3-21-15-9-6-13(10-15)17-16(20)18(2)14-7-4-12(11-19)5-8-14/h12-15,19H,3-11H2,1-2H3,(H,17,20)/t12?,13-,14?,15-/m0/s1. The quantitative estimate of drug-likeness (QED) is 0.820. The number of rotatable bonds is 5. The van der Waals surface area contributed by atoms with E-state index in [1.807, 2.05) is 23.7 Å². The van der Waals surface area contributed by atoms with Crippen LogP contribution in [0.1, 0.15) is 51.9 Å². The molecule has 4 nitrogen and oxygen atoms in total. The lowest BCUT2D eigenvalue weighted by atomic mass is 9.86. The van der Waals surface area contributed by atoms with Gasteiger partial charge in [-0.25, -0.2) is 4.79 Å². The number of carbonyl (C=O) groups is 1. The van der Waals surface area contributed by atoms with Crippen LogP contribution in [0, 0.1) is 5.92 Å². The van der Waals surface area contributed by atoms with Gasteiger partial charge in [-0.05, 0) is 56.6 Å². The van der Waals surface area contributed by atoms with Gasteiger partial charge in [0.15, 0.2) is 0 Å². The van der Waals surface area contributed by atoms with Crippen LogP contribution >= 0.6 is 11.8 Å². The number of hydrogen-bond donors (Lipinski definition) is 2. The number of urea groups is 1. The molecular weight excluding hydrogens is 284 g/mol. The van der Waals surface area contributed by atoms with Gasteiger partial charge < -0.3 is 15.3 Å². The minimum absolute atomic E-state index is 0.0922. The highest BCUT2D eigenvalue weighted by Gasteiger charge is 2.30. The van der Waals surface area contributed by atoms with Crippen molar-refractivity contribution < 1.29 is 9.90 Å². The first-order valence-corrected chi connectivity index (χ1v) is 9.44. The molecule has 2 fully saturated rings. The predicted molar refractivity (Wildman–Crippen MR) is 88.7 cm³/mol. The first-order valence-electron chi connectivity index (χ1n) is 8.39. The average Bonchev–Trinajstić information content (AvgIpc) is 2.94. The molecule has 2 aliphatic carbocycles. The van der Waals surface area contributed by atoms with Crippen molar-refractivity contribution in [3.63, 3.8) is 0 Å². The number of thioether (sulfide) groups is 1. The topological polar surface area (TPSA) is 52.6 Å². The molecule has 122 valence electrons. The van der Waals surface area contributed by atoms with Gasteiger partial charge in [-0.3, -0.25) is 0 Å². The summed E-state index contributed by atoms with van der Waals surface area (Å²) in [6.07, 6.45) is 7.59. The van der Waals surface area contributed by atoms with Crippen molar-refractivity contribution in [1.29, 1.82) is 0 Å². The van der Waals surface area contributed by atoms with Crippen molar-refractivity contribution in [1.82, 2.24) is 10.2 Å². The van der Waals surface area contributed by atoms with Gasteiger partial charge in [-0.15, -0.1) is 0 Å². The van der Waals surface area contributed by atoms with Crippen LogP contribution in [-0.2, 0) is 0 Å². The molecule has 2 saturated carbocycles. The van der Waals surface area contributed by atoms with Gasteiger partial charge in [0.05, 0.1) is 0 Å². The van der Waals surface area contributed by atoms with E-state index >= 15 is 0 Å². The van der Waals surface area contributed by atoms with Crippen LogP contribution in [-0.4, -0.2) is 52.8 Å². The molecule has 0 saturated heterocycles. The summed E-state index contributed by atoms with van der Waals surface area (Å²) >= 11 is 2.02. The maximum Gasteiger partial charge on any atom is 0.317 e. The fourth-order valence-electron chi connectivity index (χ4n) is 3.62. The Labute approximate surface area is 133 Å². The van der Waals surface area contributed by atoms with E-state index in [1.165, 1.54) is 12.2 Å². The van der Waals surface area contributed by atoms with Gasteiger partial charge in [0.2, 0.25) is 0 Å². The summed E-state index contributed by atoms with van der Waals surface area (Å²) in [4.78, 5) is 14.3. The molecule has 0 aromatic carbocycles. The Morgan fingerprint density at radius 2 is 1.95 bits per heavy atom. The number of aliphatic hydroxyl groups excluding tert-OH is 1. The summed E-state index contributed by atoms with van der Waals surface area (Å²) in [6, 6.07) is 0.794. The largest absolute Gasteiger partial charge is 0.396 e. The third-order valence-electron chi connectivity index (χ3n) is 5.06. The van der Waals surface area contributed by atoms with E-state index in [-0.39, 0.29) is 6.03 Å². The van der Waals surface area contributed by atoms with Crippen molar-refractivity contribution in [2.24, 2.45) is 5.92 Å². The highest BCUT2D eigenvalue weighted by Crippen LogP contribution is 2.30. The van der Waals surface area contributed by atoms with Gasteiger partial charge >= 0.3 is 6.03 Å². The SMILES string of the molecule is CCS[C@H]1CC[C@H](NC(=O)N(C)C2CCC(CO)CC2)C1. The Morgan fingerprint density at radius 1 is 1.24 bits per heavy atom. The molecule has 0 aliphatic heterocycles. The van der Waals surface area contributed by atoms with Gasteiger partial charge in [0, 0.05) is 31.0 Å². The van der Waals surface area contributed by atoms with Crippen molar-refractivity contribution in [3.05, 3.63) is 0 Å². The molecule has 0 bridgehead atoms. The average molecular weight is 314 g/mol. The van der Waals surface area contributed by atoms with Crippen LogP contribution in [0.25, 0.3) is 0 Å². The Hall–Kier alpha value is -0.420. The Kier molecular flexibility index (Phi) is 6.68. The number of nitrogens with zero attached hydrogens (tertiary/aromatic N) is 1. The maximum absolute atomic E-state index is 12.4. The zero-order chi connectivity index (χ0) is 15.2. The molecule has 2 N–H and O–H groups in total. The molecule has 0 aromatic rings. The second-order valence-corrected chi connectivity index (χ2v) is 8.08. The lowest BCUT2D eigenvalue weighted by Gasteiger charge is -2.34. The fourth-order valence-corrected chi connectivity index (χ4v) is 4.76. The normalized spacial score (nSPS) is 32.9. The third kappa shape index (κ3) is 4.78. The van der Waals surface area contributed by atoms with E-state index in [2.05, 4.69) is 12.2 Å².